The van der Waals surface area contributed by atoms with Gasteiger partial charge in [-0.2, -0.15) is 5.26 Å². The Morgan fingerprint density at radius 1 is 1.11 bits per heavy atom. The van der Waals surface area contributed by atoms with Crippen molar-refractivity contribution in [2.24, 2.45) is 0 Å². The van der Waals surface area contributed by atoms with Gasteiger partial charge in [0.2, 0.25) is 0 Å². The van der Waals surface area contributed by atoms with Crippen LogP contribution in [0.5, 0.6) is 0 Å². The molecule has 1 N–H and O–H groups in total. The predicted molar refractivity (Wildman–Crippen MR) is 70.2 cm³/mol. The molecule has 2 aromatic rings. The molecule has 0 heterocycles. The lowest BCUT2D eigenvalue weighted by Gasteiger charge is -2.07. The average molecular weight is 240 g/mol. The van der Waals surface area contributed by atoms with Crippen LogP contribution in [0.1, 0.15) is 18.1 Å². The molecular formula is C15H13FN2. The van der Waals surface area contributed by atoms with E-state index in [2.05, 4.69) is 12.2 Å². The van der Waals surface area contributed by atoms with E-state index in [0.29, 0.717) is 5.69 Å². The fourth-order valence-electron chi connectivity index (χ4n) is 1.67. The highest BCUT2D eigenvalue weighted by Crippen LogP contribution is 2.19. The summed E-state index contributed by atoms with van der Waals surface area (Å²) in [6, 6.07) is 14.3. The van der Waals surface area contributed by atoms with Crippen LogP contribution in [0, 0.1) is 17.1 Å². The summed E-state index contributed by atoms with van der Waals surface area (Å²) in [5.74, 6) is -0.507. The first-order chi connectivity index (χ1) is 8.72. The third-order valence-corrected chi connectivity index (χ3v) is 2.74. The lowest BCUT2D eigenvalue weighted by molar-refractivity contribution is 0.624. The second-order valence-corrected chi connectivity index (χ2v) is 3.98. The fraction of sp³-hybridized carbons (Fsp3) is 0.133. The van der Waals surface area contributed by atoms with E-state index in [1.807, 2.05) is 24.3 Å². The highest BCUT2D eigenvalue weighted by Gasteiger charge is 2.02. The van der Waals surface area contributed by atoms with Crippen molar-refractivity contribution in [3.8, 4) is 6.07 Å². The van der Waals surface area contributed by atoms with Gasteiger partial charge in [0.25, 0.3) is 0 Å². The number of nitrogens with one attached hydrogen (secondary N) is 1. The van der Waals surface area contributed by atoms with Gasteiger partial charge in [-0.25, -0.2) is 4.39 Å². The van der Waals surface area contributed by atoms with Crippen molar-refractivity contribution in [1.82, 2.24) is 0 Å². The van der Waals surface area contributed by atoms with E-state index in [0.717, 1.165) is 12.1 Å². The third kappa shape index (κ3) is 2.67. The highest BCUT2D eigenvalue weighted by molar-refractivity contribution is 5.60. The molecule has 0 bridgehead atoms. The number of rotatable bonds is 3. The first-order valence-corrected chi connectivity index (χ1v) is 5.78. The number of nitriles is 1. The number of halogens is 1. The molecule has 0 radical (unpaired) electrons. The van der Waals surface area contributed by atoms with Gasteiger partial charge < -0.3 is 5.32 Å². The zero-order valence-electron chi connectivity index (χ0n) is 10.1. The van der Waals surface area contributed by atoms with Crippen LogP contribution in [0.2, 0.25) is 0 Å². The molecule has 90 valence electrons. The summed E-state index contributed by atoms with van der Waals surface area (Å²) >= 11 is 0. The van der Waals surface area contributed by atoms with Crippen LogP contribution < -0.4 is 5.32 Å². The van der Waals surface area contributed by atoms with Gasteiger partial charge in [0.15, 0.2) is 0 Å². The van der Waals surface area contributed by atoms with Crippen LogP contribution >= 0.6 is 0 Å². The molecule has 0 saturated carbocycles. The van der Waals surface area contributed by atoms with Crippen molar-refractivity contribution in [1.29, 1.82) is 5.26 Å². The van der Waals surface area contributed by atoms with Crippen molar-refractivity contribution < 1.29 is 4.39 Å². The van der Waals surface area contributed by atoms with Crippen molar-refractivity contribution in [2.75, 3.05) is 5.32 Å². The summed E-state index contributed by atoms with van der Waals surface area (Å²) in [5, 5.41) is 11.7. The zero-order valence-corrected chi connectivity index (χ0v) is 10.1. The van der Waals surface area contributed by atoms with Gasteiger partial charge >= 0.3 is 0 Å². The smallest absolute Gasteiger partial charge is 0.143 e. The summed E-state index contributed by atoms with van der Waals surface area (Å²) in [6.07, 6.45) is 0.992. The number of hydrogen-bond donors (Lipinski definition) is 1. The van der Waals surface area contributed by atoms with E-state index in [-0.39, 0.29) is 5.56 Å². The molecule has 0 aliphatic carbocycles. The molecule has 2 rings (SSSR count). The second kappa shape index (κ2) is 5.33. The number of aryl methyl sites for hydroxylation is 1. The monoisotopic (exact) mass is 240 g/mol. The minimum atomic E-state index is -0.507. The molecule has 0 atom stereocenters. The highest BCUT2D eigenvalue weighted by atomic mass is 19.1. The largest absolute Gasteiger partial charge is 0.355 e. The Bertz CT molecular complexity index is 582. The molecule has 0 aliphatic rings. The molecular weight excluding hydrogens is 227 g/mol. The van der Waals surface area contributed by atoms with E-state index in [4.69, 9.17) is 5.26 Å². The lowest BCUT2D eigenvalue weighted by atomic mass is 10.1. The van der Waals surface area contributed by atoms with Crippen molar-refractivity contribution >= 4 is 11.4 Å². The number of nitrogens with zero attached hydrogens (tertiary/aromatic N) is 1. The van der Waals surface area contributed by atoms with Gasteiger partial charge in [-0.15, -0.1) is 0 Å². The maximum Gasteiger partial charge on any atom is 0.143 e. The van der Waals surface area contributed by atoms with Gasteiger partial charge in [0, 0.05) is 11.4 Å². The minimum Gasteiger partial charge on any atom is -0.355 e. The number of benzene rings is 2. The average Bonchev–Trinajstić information content (AvgIpc) is 2.40. The van der Waals surface area contributed by atoms with Gasteiger partial charge in [-0.05, 0) is 42.3 Å². The molecule has 2 aromatic carbocycles. The topological polar surface area (TPSA) is 35.8 Å². The first kappa shape index (κ1) is 12.1. The second-order valence-electron chi connectivity index (χ2n) is 3.98. The summed E-state index contributed by atoms with van der Waals surface area (Å²) in [6.45, 7) is 2.10. The quantitative estimate of drug-likeness (QED) is 0.880. The molecule has 0 unspecified atom stereocenters. The lowest BCUT2D eigenvalue weighted by Crippen LogP contribution is -1.93. The fourth-order valence-corrected chi connectivity index (χ4v) is 1.67. The molecule has 0 fully saturated rings. The van der Waals surface area contributed by atoms with E-state index in [1.165, 1.54) is 17.7 Å². The van der Waals surface area contributed by atoms with Crippen LogP contribution in [-0.2, 0) is 6.42 Å². The molecule has 3 heteroatoms. The number of anilines is 2. The van der Waals surface area contributed by atoms with Gasteiger partial charge in [-0.1, -0.05) is 19.1 Å². The molecule has 0 aromatic heterocycles. The van der Waals surface area contributed by atoms with Crippen molar-refractivity contribution in [3.05, 3.63) is 59.4 Å². The summed E-state index contributed by atoms with van der Waals surface area (Å²) < 4.78 is 13.4. The minimum absolute atomic E-state index is 0.0573. The normalized spacial score (nSPS) is 9.83. The molecule has 0 aliphatic heterocycles. The molecule has 0 amide bonds. The SMILES string of the molecule is CCc1ccc(Nc2ccc(C#N)c(F)c2)cc1. The maximum absolute atomic E-state index is 13.4. The van der Waals surface area contributed by atoms with Gasteiger partial charge in [0.05, 0.1) is 5.56 Å². The Kier molecular flexibility index (Phi) is 3.59. The standard InChI is InChI=1S/C15H13FN2/c1-2-11-3-6-13(7-4-11)18-14-8-5-12(10-17)15(16)9-14/h3-9,18H,2H2,1H3. The Hall–Kier alpha value is -2.34. The molecule has 2 nitrogen and oxygen atoms in total. The van der Waals surface area contributed by atoms with Crippen molar-refractivity contribution in [2.45, 2.75) is 13.3 Å². The Balaban J connectivity index is 2.18. The van der Waals surface area contributed by atoms with Crippen LogP contribution in [0.4, 0.5) is 15.8 Å². The van der Waals surface area contributed by atoms with Crippen molar-refractivity contribution in [3.63, 3.8) is 0 Å². The predicted octanol–water partition coefficient (Wildman–Crippen LogP) is 4.00. The van der Waals surface area contributed by atoms with E-state index in [9.17, 15) is 4.39 Å². The summed E-state index contributed by atoms with van der Waals surface area (Å²) in [7, 11) is 0. The van der Waals surface area contributed by atoms with Crippen LogP contribution in [0.15, 0.2) is 42.5 Å². The van der Waals surface area contributed by atoms with Crippen LogP contribution in [-0.4, -0.2) is 0 Å². The van der Waals surface area contributed by atoms with E-state index >= 15 is 0 Å². The van der Waals surface area contributed by atoms with E-state index in [1.54, 1.807) is 12.1 Å². The summed E-state index contributed by atoms with van der Waals surface area (Å²) in [5.41, 5.74) is 2.85. The molecule has 0 spiro atoms. The first-order valence-electron chi connectivity index (χ1n) is 5.78. The van der Waals surface area contributed by atoms with Gasteiger partial charge in [0.1, 0.15) is 11.9 Å². The van der Waals surface area contributed by atoms with Crippen LogP contribution in [0.25, 0.3) is 0 Å². The third-order valence-electron chi connectivity index (χ3n) is 2.74. The van der Waals surface area contributed by atoms with E-state index < -0.39 is 5.82 Å². The molecule has 18 heavy (non-hydrogen) atoms. The molecule has 0 saturated heterocycles. The zero-order chi connectivity index (χ0) is 13.0. The van der Waals surface area contributed by atoms with Crippen LogP contribution in [0.3, 0.4) is 0 Å². The number of hydrogen-bond acceptors (Lipinski definition) is 2. The van der Waals surface area contributed by atoms with Gasteiger partial charge in [-0.3, -0.25) is 0 Å². The summed E-state index contributed by atoms with van der Waals surface area (Å²) in [4.78, 5) is 0. The Morgan fingerprint density at radius 3 is 2.33 bits per heavy atom. The Morgan fingerprint density at radius 2 is 1.78 bits per heavy atom. The maximum atomic E-state index is 13.4. The Labute approximate surface area is 106 Å².